The SMILES string of the molecule is CCC(=O)c1ccc(N2CCCCCC2)c(F)c1. The zero-order chi connectivity index (χ0) is 13.0. The fourth-order valence-electron chi connectivity index (χ4n) is 2.45. The molecular weight excluding hydrogens is 229 g/mol. The van der Waals surface area contributed by atoms with Crippen molar-refractivity contribution in [2.45, 2.75) is 39.0 Å². The summed E-state index contributed by atoms with van der Waals surface area (Å²) in [6, 6.07) is 4.88. The molecule has 1 heterocycles. The Morgan fingerprint density at radius 1 is 1.22 bits per heavy atom. The average molecular weight is 249 g/mol. The number of hydrogen-bond donors (Lipinski definition) is 0. The summed E-state index contributed by atoms with van der Waals surface area (Å²) in [6.07, 6.45) is 5.11. The van der Waals surface area contributed by atoms with Gasteiger partial charge in [0.05, 0.1) is 5.69 Å². The Bertz CT molecular complexity index is 423. The topological polar surface area (TPSA) is 20.3 Å². The highest BCUT2D eigenvalue weighted by Crippen LogP contribution is 2.24. The minimum absolute atomic E-state index is 0.00341. The van der Waals surface area contributed by atoms with Gasteiger partial charge in [0.25, 0.3) is 0 Å². The average Bonchev–Trinajstić information content (AvgIpc) is 2.66. The third-order valence-corrected chi connectivity index (χ3v) is 3.54. The molecule has 98 valence electrons. The molecule has 0 N–H and O–H groups in total. The molecule has 2 rings (SSSR count). The quantitative estimate of drug-likeness (QED) is 0.759. The molecule has 2 nitrogen and oxygen atoms in total. The predicted octanol–water partition coefficient (Wildman–Crippen LogP) is 3.80. The minimum Gasteiger partial charge on any atom is -0.369 e. The lowest BCUT2D eigenvalue weighted by Crippen LogP contribution is -2.25. The molecule has 1 aliphatic heterocycles. The fourth-order valence-corrected chi connectivity index (χ4v) is 2.45. The number of carbonyl (C=O) groups excluding carboxylic acids is 1. The highest BCUT2D eigenvalue weighted by molar-refractivity contribution is 5.96. The van der Waals surface area contributed by atoms with Gasteiger partial charge in [0, 0.05) is 25.1 Å². The number of ketones is 1. The van der Waals surface area contributed by atoms with Crippen LogP contribution in [0.2, 0.25) is 0 Å². The second-order valence-electron chi connectivity index (χ2n) is 4.84. The van der Waals surface area contributed by atoms with Gasteiger partial charge in [-0.1, -0.05) is 19.8 Å². The smallest absolute Gasteiger partial charge is 0.162 e. The van der Waals surface area contributed by atoms with Gasteiger partial charge in [-0.2, -0.15) is 0 Å². The van der Waals surface area contributed by atoms with Crippen molar-refractivity contribution in [3.63, 3.8) is 0 Å². The molecule has 1 aromatic rings. The van der Waals surface area contributed by atoms with Crippen LogP contribution in [0.1, 0.15) is 49.4 Å². The highest BCUT2D eigenvalue weighted by atomic mass is 19.1. The van der Waals surface area contributed by atoms with Gasteiger partial charge in [0.2, 0.25) is 0 Å². The van der Waals surface area contributed by atoms with Crippen LogP contribution < -0.4 is 4.90 Å². The summed E-state index contributed by atoms with van der Waals surface area (Å²) >= 11 is 0. The second-order valence-corrected chi connectivity index (χ2v) is 4.84. The molecule has 1 fully saturated rings. The molecule has 0 saturated carbocycles. The standard InChI is InChI=1S/C15H20FNO/c1-2-15(18)12-7-8-14(13(16)11-12)17-9-5-3-4-6-10-17/h7-8,11H,2-6,9-10H2,1H3. The predicted molar refractivity (Wildman–Crippen MR) is 71.7 cm³/mol. The van der Waals surface area contributed by atoms with E-state index in [1.54, 1.807) is 19.1 Å². The van der Waals surface area contributed by atoms with Gasteiger partial charge in [-0.3, -0.25) is 4.79 Å². The van der Waals surface area contributed by atoms with Crippen LogP contribution in [0, 0.1) is 5.82 Å². The molecule has 0 aliphatic carbocycles. The van der Waals surface area contributed by atoms with Gasteiger partial charge in [0.1, 0.15) is 5.82 Å². The van der Waals surface area contributed by atoms with E-state index in [-0.39, 0.29) is 11.6 Å². The first-order valence-electron chi connectivity index (χ1n) is 6.80. The molecule has 0 amide bonds. The van der Waals surface area contributed by atoms with E-state index < -0.39 is 0 Å². The van der Waals surface area contributed by atoms with Crippen LogP contribution in [0.25, 0.3) is 0 Å². The van der Waals surface area contributed by atoms with Gasteiger partial charge in [-0.15, -0.1) is 0 Å². The van der Waals surface area contributed by atoms with Crippen molar-refractivity contribution in [2.75, 3.05) is 18.0 Å². The second kappa shape index (κ2) is 5.98. The zero-order valence-corrected chi connectivity index (χ0v) is 10.9. The number of halogens is 1. The molecule has 0 aromatic heterocycles. The summed E-state index contributed by atoms with van der Waals surface area (Å²) in [5.41, 5.74) is 1.12. The first-order valence-corrected chi connectivity index (χ1v) is 6.80. The number of rotatable bonds is 3. The van der Waals surface area contributed by atoms with E-state index >= 15 is 0 Å². The monoisotopic (exact) mass is 249 g/mol. The van der Waals surface area contributed by atoms with Crippen molar-refractivity contribution in [1.29, 1.82) is 0 Å². The molecule has 0 unspecified atom stereocenters. The number of nitrogens with zero attached hydrogens (tertiary/aromatic N) is 1. The number of carbonyl (C=O) groups is 1. The van der Waals surface area contributed by atoms with E-state index in [1.165, 1.54) is 18.9 Å². The van der Waals surface area contributed by atoms with Crippen LogP contribution in [0.15, 0.2) is 18.2 Å². The Labute approximate surface area is 108 Å². The van der Waals surface area contributed by atoms with Crippen molar-refractivity contribution >= 4 is 11.5 Å². The first-order chi connectivity index (χ1) is 8.72. The highest BCUT2D eigenvalue weighted by Gasteiger charge is 2.15. The Balaban J connectivity index is 2.20. The van der Waals surface area contributed by atoms with Gasteiger partial charge in [0.15, 0.2) is 5.78 Å². The number of Topliss-reactive ketones (excluding diaryl/α,β-unsaturated/α-hetero) is 1. The molecule has 0 spiro atoms. The Morgan fingerprint density at radius 3 is 2.44 bits per heavy atom. The van der Waals surface area contributed by atoms with Crippen molar-refractivity contribution in [3.05, 3.63) is 29.6 Å². The van der Waals surface area contributed by atoms with Crippen molar-refractivity contribution < 1.29 is 9.18 Å². The largest absolute Gasteiger partial charge is 0.369 e. The van der Waals surface area contributed by atoms with Crippen molar-refractivity contribution in [3.8, 4) is 0 Å². The summed E-state index contributed by atoms with van der Waals surface area (Å²) in [4.78, 5) is 13.6. The van der Waals surface area contributed by atoms with E-state index in [0.29, 0.717) is 17.7 Å². The molecule has 1 aliphatic rings. The lowest BCUT2D eigenvalue weighted by Gasteiger charge is -2.23. The van der Waals surface area contributed by atoms with Crippen LogP contribution in [-0.4, -0.2) is 18.9 Å². The number of anilines is 1. The van der Waals surface area contributed by atoms with Crippen LogP contribution >= 0.6 is 0 Å². The molecular formula is C15H20FNO. The Hall–Kier alpha value is -1.38. The minimum atomic E-state index is -0.267. The molecule has 0 radical (unpaired) electrons. The fraction of sp³-hybridized carbons (Fsp3) is 0.533. The van der Waals surface area contributed by atoms with E-state index in [0.717, 1.165) is 25.9 Å². The Morgan fingerprint density at radius 2 is 1.89 bits per heavy atom. The summed E-state index contributed by atoms with van der Waals surface area (Å²) in [5.74, 6) is -0.271. The molecule has 3 heteroatoms. The van der Waals surface area contributed by atoms with Gasteiger partial charge in [-0.25, -0.2) is 4.39 Å². The summed E-state index contributed by atoms with van der Waals surface area (Å²) in [6.45, 7) is 3.62. The van der Waals surface area contributed by atoms with Gasteiger partial charge in [-0.05, 0) is 31.0 Å². The molecule has 18 heavy (non-hydrogen) atoms. The molecule has 1 saturated heterocycles. The normalized spacial score (nSPS) is 16.4. The number of hydrogen-bond acceptors (Lipinski definition) is 2. The number of benzene rings is 1. The summed E-state index contributed by atoms with van der Waals surface area (Å²) in [5, 5.41) is 0. The molecule has 1 aromatic carbocycles. The zero-order valence-electron chi connectivity index (χ0n) is 10.9. The van der Waals surface area contributed by atoms with E-state index in [4.69, 9.17) is 0 Å². The molecule has 0 bridgehead atoms. The lowest BCUT2D eigenvalue weighted by molar-refractivity contribution is 0.0988. The van der Waals surface area contributed by atoms with Crippen molar-refractivity contribution in [2.24, 2.45) is 0 Å². The van der Waals surface area contributed by atoms with Gasteiger partial charge < -0.3 is 4.90 Å². The maximum absolute atomic E-state index is 14.1. The van der Waals surface area contributed by atoms with E-state index in [1.807, 2.05) is 0 Å². The third-order valence-electron chi connectivity index (χ3n) is 3.54. The summed E-state index contributed by atoms with van der Waals surface area (Å²) < 4.78 is 14.1. The van der Waals surface area contributed by atoms with Crippen LogP contribution in [0.5, 0.6) is 0 Å². The Kier molecular flexibility index (Phi) is 4.34. The van der Waals surface area contributed by atoms with E-state index in [9.17, 15) is 9.18 Å². The van der Waals surface area contributed by atoms with Crippen molar-refractivity contribution in [1.82, 2.24) is 0 Å². The van der Waals surface area contributed by atoms with Gasteiger partial charge >= 0.3 is 0 Å². The third kappa shape index (κ3) is 2.89. The lowest BCUT2D eigenvalue weighted by atomic mass is 10.1. The van der Waals surface area contributed by atoms with E-state index in [2.05, 4.69) is 4.90 Å². The maximum Gasteiger partial charge on any atom is 0.162 e. The van der Waals surface area contributed by atoms with Crippen LogP contribution in [-0.2, 0) is 0 Å². The first kappa shape index (κ1) is 13.1. The molecule has 0 atom stereocenters. The maximum atomic E-state index is 14.1. The summed E-state index contributed by atoms with van der Waals surface area (Å²) in [7, 11) is 0. The van der Waals surface area contributed by atoms with Crippen LogP contribution in [0.3, 0.4) is 0 Å². The van der Waals surface area contributed by atoms with Crippen LogP contribution in [0.4, 0.5) is 10.1 Å².